The monoisotopic (exact) mass is 558 g/mol. The first-order valence-electron chi connectivity index (χ1n) is 13.5. The van der Waals surface area contributed by atoms with Gasteiger partial charge in [0.25, 0.3) is 0 Å². The third-order valence-electron chi connectivity index (χ3n) is 7.31. The average Bonchev–Trinajstić information content (AvgIpc) is 3.44. The van der Waals surface area contributed by atoms with E-state index in [0.717, 1.165) is 18.8 Å². The Bertz CT molecular complexity index is 1500. The van der Waals surface area contributed by atoms with Gasteiger partial charge >= 0.3 is 0 Å². The molecule has 2 fully saturated rings. The van der Waals surface area contributed by atoms with Gasteiger partial charge in [-0.15, -0.1) is 0 Å². The number of hydrogen-bond donors (Lipinski definition) is 2. The molecule has 3 aromatic heterocycles. The number of H-pyrrole nitrogens is 1. The molecule has 0 aliphatic carbocycles. The van der Waals surface area contributed by atoms with Crippen LogP contribution >= 0.6 is 0 Å². The predicted molar refractivity (Wildman–Crippen MR) is 149 cm³/mol. The Labute approximate surface area is 236 Å². The number of nitrogens with zero attached hydrogens (tertiary/aromatic N) is 6. The van der Waals surface area contributed by atoms with Crippen LogP contribution in [0.5, 0.6) is 0 Å². The first-order chi connectivity index (χ1) is 19.9. The van der Waals surface area contributed by atoms with Crippen molar-refractivity contribution < 1.29 is 18.7 Å². The molecule has 0 radical (unpaired) electrons. The molecule has 0 atom stereocenters. The molecule has 11 nitrogen and oxygen atoms in total. The molecule has 5 heterocycles. The zero-order chi connectivity index (χ0) is 28.4. The highest BCUT2D eigenvalue weighted by molar-refractivity contribution is 5.83. The number of ether oxygens (including phenoxy) is 2. The second-order valence-corrected chi connectivity index (χ2v) is 10.6. The molecule has 4 aromatic rings. The molecule has 0 saturated carbocycles. The number of benzene rings is 1. The van der Waals surface area contributed by atoms with Gasteiger partial charge in [0.1, 0.15) is 5.82 Å². The Morgan fingerprint density at radius 2 is 1.80 bits per heavy atom. The quantitative estimate of drug-likeness (QED) is 0.365. The number of anilines is 2. The van der Waals surface area contributed by atoms with Crippen molar-refractivity contribution in [1.82, 2.24) is 34.7 Å². The molecule has 2 aliphatic heterocycles. The maximum absolute atomic E-state index is 13.7. The highest BCUT2D eigenvalue weighted by atomic mass is 19.1. The summed E-state index contributed by atoms with van der Waals surface area (Å²) in [6, 6.07) is 11.5. The summed E-state index contributed by atoms with van der Waals surface area (Å²) >= 11 is 0. The Morgan fingerprint density at radius 1 is 1.05 bits per heavy atom. The van der Waals surface area contributed by atoms with Gasteiger partial charge in [0.2, 0.25) is 18.1 Å². The molecule has 6 rings (SSSR count). The van der Waals surface area contributed by atoms with Crippen LogP contribution < -0.4 is 5.32 Å². The van der Waals surface area contributed by atoms with E-state index in [0.29, 0.717) is 47.5 Å². The lowest BCUT2D eigenvalue weighted by atomic mass is 9.90. The van der Waals surface area contributed by atoms with Gasteiger partial charge in [-0.2, -0.15) is 0 Å². The molecule has 1 aromatic carbocycles. The minimum absolute atomic E-state index is 0.0332. The lowest BCUT2D eigenvalue weighted by Gasteiger charge is -2.41. The molecule has 2 aliphatic rings. The number of hydrogen-bond acceptors (Lipinski definition) is 9. The van der Waals surface area contributed by atoms with E-state index in [1.54, 1.807) is 36.8 Å². The highest BCUT2D eigenvalue weighted by Crippen LogP contribution is 2.36. The van der Waals surface area contributed by atoms with Gasteiger partial charge in [-0.3, -0.25) is 9.78 Å². The van der Waals surface area contributed by atoms with Crippen molar-refractivity contribution in [3.05, 3.63) is 72.7 Å². The van der Waals surface area contributed by atoms with Crippen LogP contribution in [0.2, 0.25) is 0 Å². The third kappa shape index (κ3) is 5.80. The standard InChI is InChI=1S/C29H31FN8O3/c1-29(27(39)38-14-12-37(2)13-15-38)17-40-26(41-18-29)25-35-23(19-5-7-20(30)8-6-19)24(36-25)22-9-11-32-28(34-22)33-21-4-3-10-31-16-21/h3-11,16,26H,12-15,17-18H2,1-2H3,(H,35,36)(H,32,33,34). The van der Waals surface area contributed by atoms with Gasteiger partial charge in [-0.25, -0.2) is 19.3 Å². The molecular weight excluding hydrogens is 527 g/mol. The van der Waals surface area contributed by atoms with E-state index >= 15 is 0 Å². The summed E-state index contributed by atoms with van der Waals surface area (Å²) in [7, 11) is 2.05. The summed E-state index contributed by atoms with van der Waals surface area (Å²) < 4.78 is 25.9. The van der Waals surface area contributed by atoms with E-state index in [9.17, 15) is 9.18 Å². The predicted octanol–water partition coefficient (Wildman–Crippen LogP) is 3.64. The maximum Gasteiger partial charge on any atom is 0.233 e. The van der Waals surface area contributed by atoms with Crippen molar-refractivity contribution in [1.29, 1.82) is 0 Å². The van der Waals surface area contributed by atoms with Gasteiger partial charge in [0, 0.05) is 44.1 Å². The normalized spacial score (nSPS) is 21.5. The summed E-state index contributed by atoms with van der Waals surface area (Å²) in [5.41, 5.74) is 2.36. The lowest BCUT2D eigenvalue weighted by molar-refractivity contribution is -0.234. The Kier molecular flexibility index (Phi) is 7.43. The van der Waals surface area contributed by atoms with E-state index in [4.69, 9.17) is 14.5 Å². The zero-order valence-corrected chi connectivity index (χ0v) is 22.9. The lowest BCUT2D eigenvalue weighted by Crippen LogP contribution is -2.55. The van der Waals surface area contributed by atoms with E-state index in [1.807, 2.05) is 24.0 Å². The highest BCUT2D eigenvalue weighted by Gasteiger charge is 2.43. The number of imidazole rings is 1. The topological polar surface area (TPSA) is 121 Å². The van der Waals surface area contributed by atoms with Crippen molar-refractivity contribution in [3.8, 4) is 22.6 Å². The van der Waals surface area contributed by atoms with Crippen LogP contribution in [0.4, 0.5) is 16.0 Å². The fraction of sp³-hybridized carbons (Fsp3) is 0.345. The molecule has 1 amide bonds. The number of halogens is 1. The number of likely N-dealkylation sites (N-methyl/N-ethyl adjacent to an activating group) is 1. The van der Waals surface area contributed by atoms with E-state index in [-0.39, 0.29) is 24.9 Å². The molecule has 41 heavy (non-hydrogen) atoms. The number of aromatic amines is 1. The van der Waals surface area contributed by atoms with Crippen molar-refractivity contribution in [2.45, 2.75) is 13.2 Å². The molecule has 212 valence electrons. The molecular formula is C29H31FN8O3. The first-order valence-corrected chi connectivity index (χ1v) is 13.5. The zero-order valence-electron chi connectivity index (χ0n) is 22.9. The summed E-state index contributed by atoms with van der Waals surface area (Å²) in [6.45, 7) is 5.32. The number of pyridine rings is 1. The van der Waals surface area contributed by atoms with Crippen molar-refractivity contribution >= 4 is 17.5 Å². The van der Waals surface area contributed by atoms with Gasteiger partial charge in [0.05, 0.1) is 47.6 Å². The smallest absolute Gasteiger partial charge is 0.233 e. The second-order valence-electron chi connectivity index (χ2n) is 10.6. The van der Waals surface area contributed by atoms with Crippen LogP contribution in [-0.4, -0.2) is 87.1 Å². The number of amides is 1. The number of carbonyl (C=O) groups excluding carboxylic acids is 1. The summed E-state index contributed by atoms with van der Waals surface area (Å²) in [5, 5.41) is 3.14. The van der Waals surface area contributed by atoms with Gasteiger partial charge < -0.3 is 29.6 Å². The minimum atomic E-state index is -0.814. The van der Waals surface area contributed by atoms with Crippen LogP contribution in [0.3, 0.4) is 0 Å². The average molecular weight is 559 g/mol. The van der Waals surface area contributed by atoms with Crippen molar-refractivity contribution in [2.24, 2.45) is 5.41 Å². The van der Waals surface area contributed by atoms with Gasteiger partial charge in [0.15, 0.2) is 5.82 Å². The fourth-order valence-corrected chi connectivity index (χ4v) is 4.91. The Hall–Kier alpha value is -4.26. The largest absolute Gasteiger partial charge is 0.345 e. The van der Waals surface area contributed by atoms with Crippen molar-refractivity contribution in [2.75, 3.05) is 51.8 Å². The van der Waals surface area contributed by atoms with Crippen LogP contribution in [0.1, 0.15) is 19.0 Å². The number of nitrogens with one attached hydrogen (secondary N) is 2. The third-order valence-corrected chi connectivity index (χ3v) is 7.31. The Balaban J connectivity index is 1.26. The van der Waals surface area contributed by atoms with Crippen LogP contribution in [0, 0.1) is 11.2 Å². The van der Waals surface area contributed by atoms with E-state index < -0.39 is 11.7 Å². The number of rotatable bonds is 6. The Morgan fingerprint density at radius 3 is 2.51 bits per heavy atom. The summed E-state index contributed by atoms with van der Waals surface area (Å²) in [6.07, 6.45) is 4.18. The first kappa shape index (κ1) is 26.9. The van der Waals surface area contributed by atoms with Crippen LogP contribution in [0.15, 0.2) is 61.1 Å². The van der Waals surface area contributed by atoms with Crippen LogP contribution in [-0.2, 0) is 14.3 Å². The molecule has 0 bridgehead atoms. The summed E-state index contributed by atoms with van der Waals surface area (Å²) in [5.74, 6) is 0.485. The number of aromatic nitrogens is 5. The molecule has 2 saturated heterocycles. The molecule has 0 spiro atoms. The molecule has 12 heteroatoms. The fourth-order valence-electron chi connectivity index (χ4n) is 4.91. The van der Waals surface area contributed by atoms with E-state index in [2.05, 4.69) is 37.2 Å². The number of carbonyl (C=O) groups is 1. The van der Waals surface area contributed by atoms with Crippen LogP contribution in [0.25, 0.3) is 22.6 Å². The van der Waals surface area contributed by atoms with Crippen molar-refractivity contribution in [3.63, 3.8) is 0 Å². The SMILES string of the molecule is CN1CCN(C(=O)C2(C)COC(c3nc(-c4ccc(F)cc4)c(-c4ccnc(Nc5cccnc5)n4)[nH]3)OC2)CC1. The van der Waals surface area contributed by atoms with Gasteiger partial charge in [-0.1, -0.05) is 0 Å². The second kappa shape index (κ2) is 11.3. The number of piperazine rings is 1. The molecule has 0 unspecified atom stereocenters. The summed E-state index contributed by atoms with van der Waals surface area (Å²) in [4.78, 5) is 38.6. The van der Waals surface area contributed by atoms with E-state index in [1.165, 1.54) is 12.1 Å². The minimum Gasteiger partial charge on any atom is -0.345 e. The maximum atomic E-state index is 13.7. The van der Waals surface area contributed by atoms with Gasteiger partial charge in [-0.05, 0) is 56.4 Å². The molecule has 2 N–H and O–H groups in total.